The molecule has 0 saturated carbocycles. The smallest absolute Gasteiger partial charge is 0.159 e. The van der Waals surface area contributed by atoms with Crippen LogP contribution in [0.5, 0.6) is 11.5 Å². The molecule has 70 heavy (non-hydrogen) atoms. The van der Waals surface area contributed by atoms with Crippen LogP contribution in [0.1, 0.15) is 22.3 Å². The number of ether oxygens (including phenoxy) is 1. The lowest BCUT2D eigenvalue weighted by atomic mass is 9.65. The van der Waals surface area contributed by atoms with Gasteiger partial charge in [-0.25, -0.2) is 0 Å². The fraction of sp³-hybridized carbons (Fsp3) is 0.0149. The van der Waals surface area contributed by atoms with Gasteiger partial charge in [-0.3, -0.25) is 0 Å². The number of hydrogen-bond donors (Lipinski definition) is 0. The largest absolute Gasteiger partial charge is 0.456 e. The molecule has 2 aliphatic carbocycles. The summed E-state index contributed by atoms with van der Waals surface area (Å²) in [6.45, 7) is 0. The van der Waals surface area contributed by atoms with Crippen molar-refractivity contribution in [3.8, 4) is 78.3 Å². The third kappa shape index (κ3) is 5.46. The van der Waals surface area contributed by atoms with Gasteiger partial charge in [0.2, 0.25) is 0 Å². The molecule has 326 valence electrons. The van der Waals surface area contributed by atoms with Crippen molar-refractivity contribution in [3.63, 3.8) is 0 Å². The molecule has 0 radical (unpaired) electrons. The van der Waals surface area contributed by atoms with Gasteiger partial charge in [0, 0.05) is 33.3 Å². The van der Waals surface area contributed by atoms with E-state index in [4.69, 9.17) is 9.15 Å². The summed E-state index contributed by atoms with van der Waals surface area (Å²) in [6, 6.07) is 90.8. The molecule has 2 heterocycles. The maximum Gasteiger partial charge on any atom is 0.159 e. The second-order valence-electron chi connectivity index (χ2n) is 18.7. The second-order valence-corrected chi connectivity index (χ2v) is 18.7. The molecule has 1 atom stereocenters. The van der Waals surface area contributed by atoms with Gasteiger partial charge in [0.15, 0.2) is 5.75 Å². The zero-order valence-corrected chi connectivity index (χ0v) is 37.9. The molecule has 3 nitrogen and oxygen atoms in total. The highest BCUT2D eigenvalue weighted by Gasteiger charge is 2.50. The van der Waals surface area contributed by atoms with Crippen molar-refractivity contribution in [1.29, 1.82) is 0 Å². The predicted octanol–water partition coefficient (Wildman–Crippen LogP) is 18.2. The summed E-state index contributed by atoms with van der Waals surface area (Å²) in [4.78, 5) is 2.41. The Morgan fingerprint density at radius 2 is 0.829 bits per heavy atom. The van der Waals surface area contributed by atoms with Gasteiger partial charge in [-0.1, -0.05) is 194 Å². The summed E-state index contributed by atoms with van der Waals surface area (Å²) < 4.78 is 13.9. The normalized spacial score (nSPS) is 14.5. The first-order valence-electron chi connectivity index (χ1n) is 24.1. The van der Waals surface area contributed by atoms with Crippen LogP contribution < -0.4 is 9.64 Å². The third-order valence-corrected chi connectivity index (χ3v) is 15.1. The van der Waals surface area contributed by atoms with Crippen molar-refractivity contribution in [3.05, 3.63) is 271 Å². The Bertz CT molecular complexity index is 4110. The Balaban J connectivity index is 1.05. The maximum atomic E-state index is 7.26. The van der Waals surface area contributed by atoms with Crippen LogP contribution in [0.2, 0.25) is 0 Å². The summed E-state index contributed by atoms with van der Waals surface area (Å²) in [5.74, 6) is 1.63. The summed E-state index contributed by atoms with van der Waals surface area (Å²) in [5.41, 5.74) is 23.0. The van der Waals surface area contributed by atoms with E-state index < -0.39 is 5.41 Å². The summed E-state index contributed by atoms with van der Waals surface area (Å²) >= 11 is 0. The van der Waals surface area contributed by atoms with Gasteiger partial charge in [0.1, 0.15) is 16.9 Å². The van der Waals surface area contributed by atoms with Gasteiger partial charge in [-0.2, -0.15) is 0 Å². The highest BCUT2D eigenvalue weighted by Crippen LogP contribution is 2.63. The minimum atomic E-state index is -0.732. The number of para-hydroxylation sites is 3. The Labute approximate surface area is 405 Å². The van der Waals surface area contributed by atoms with E-state index in [1.807, 2.05) is 0 Å². The van der Waals surface area contributed by atoms with Crippen molar-refractivity contribution >= 4 is 39.0 Å². The topological polar surface area (TPSA) is 25.6 Å². The Morgan fingerprint density at radius 1 is 0.300 bits per heavy atom. The van der Waals surface area contributed by atoms with Gasteiger partial charge < -0.3 is 14.1 Å². The van der Waals surface area contributed by atoms with Gasteiger partial charge in [-0.15, -0.1) is 0 Å². The second kappa shape index (κ2) is 14.9. The number of furan rings is 1. The van der Waals surface area contributed by atoms with E-state index in [-0.39, 0.29) is 0 Å². The number of benzene rings is 11. The molecule has 1 aliphatic heterocycles. The lowest BCUT2D eigenvalue weighted by Gasteiger charge is -2.36. The van der Waals surface area contributed by atoms with Gasteiger partial charge in [0.25, 0.3) is 0 Å². The van der Waals surface area contributed by atoms with Gasteiger partial charge in [0.05, 0.1) is 11.1 Å². The molecule has 12 aromatic rings. The van der Waals surface area contributed by atoms with E-state index >= 15 is 0 Å². The van der Waals surface area contributed by atoms with Crippen molar-refractivity contribution in [2.45, 2.75) is 5.41 Å². The first-order chi connectivity index (χ1) is 34.7. The molecule has 0 bridgehead atoms. The fourth-order valence-corrected chi connectivity index (χ4v) is 12.2. The lowest BCUT2D eigenvalue weighted by molar-refractivity contribution is 0.489. The van der Waals surface area contributed by atoms with Crippen LogP contribution in [0.25, 0.3) is 88.7 Å². The molecule has 1 spiro atoms. The molecular weight excluding hydrogens is 851 g/mol. The van der Waals surface area contributed by atoms with Gasteiger partial charge >= 0.3 is 0 Å². The van der Waals surface area contributed by atoms with Gasteiger partial charge in [-0.05, 0) is 132 Å². The summed E-state index contributed by atoms with van der Waals surface area (Å²) in [6.07, 6.45) is 0. The van der Waals surface area contributed by atoms with Crippen LogP contribution in [-0.2, 0) is 5.41 Å². The lowest BCUT2D eigenvalue weighted by Crippen LogP contribution is -2.29. The number of rotatable bonds is 4. The zero-order valence-electron chi connectivity index (χ0n) is 37.9. The number of nitrogens with zero attached hydrogens (tertiary/aromatic N) is 1. The first-order valence-corrected chi connectivity index (χ1v) is 24.1. The molecule has 3 aliphatic rings. The molecule has 1 aromatic heterocycles. The minimum Gasteiger partial charge on any atom is -0.456 e. The minimum absolute atomic E-state index is 0.732. The average Bonchev–Trinajstić information content (AvgIpc) is 3.85. The quantitative estimate of drug-likeness (QED) is 0.176. The molecule has 0 saturated heterocycles. The van der Waals surface area contributed by atoms with Crippen molar-refractivity contribution in [2.75, 3.05) is 4.90 Å². The van der Waals surface area contributed by atoms with Crippen molar-refractivity contribution in [2.24, 2.45) is 0 Å². The monoisotopic (exact) mass is 891 g/mol. The third-order valence-electron chi connectivity index (χ3n) is 15.1. The summed E-state index contributed by atoms with van der Waals surface area (Å²) in [7, 11) is 0. The highest BCUT2D eigenvalue weighted by molar-refractivity contribution is 6.09. The molecule has 15 rings (SSSR count). The maximum absolute atomic E-state index is 7.26. The predicted molar refractivity (Wildman–Crippen MR) is 287 cm³/mol. The Hall–Kier alpha value is -9.18. The van der Waals surface area contributed by atoms with Crippen LogP contribution in [0.4, 0.5) is 17.1 Å². The molecule has 0 amide bonds. The number of anilines is 3. The molecular formula is C67H41NO2. The number of fused-ring (bicyclic) bond motifs is 20. The molecule has 0 N–H and O–H groups in total. The molecule has 1 unspecified atom stereocenters. The molecule has 11 aromatic carbocycles. The average molecular weight is 892 g/mol. The molecule has 0 fully saturated rings. The Kier molecular flexibility index (Phi) is 8.28. The van der Waals surface area contributed by atoms with Crippen LogP contribution in [0.3, 0.4) is 0 Å². The van der Waals surface area contributed by atoms with Crippen LogP contribution in [0.15, 0.2) is 253 Å². The standard InChI is InChI=1S/C67H41NO2/c1-2-17-42(18-3-1)43-33-35-44(36-34-43)68(62-30-16-27-55-49-22-7-6-21-48(49)53-25-10-15-32-64(53)70-66(55)62)45-37-38-52-47-20-5-4-19-46(47)50-23-8-12-28-58(50)67(60(52)39-45)59-29-13-9-24-51(59)56-41-65-57(40-61(56)67)54-26-11-14-31-63(54)69-65/h1-41H. The van der Waals surface area contributed by atoms with E-state index in [2.05, 4.69) is 254 Å². The summed E-state index contributed by atoms with van der Waals surface area (Å²) in [5, 5.41) is 2.23. The highest BCUT2D eigenvalue weighted by atomic mass is 16.5. The number of hydrogen-bond acceptors (Lipinski definition) is 3. The van der Waals surface area contributed by atoms with Crippen molar-refractivity contribution in [1.82, 2.24) is 0 Å². The zero-order chi connectivity index (χ0) is 45.9. The van der Waals surface area contributed by atoms with E-state index in [0.717, 1.165) is 78.3 Å². The van der Waals surface area contributed by atoms with Crippen LogP contribution in [-0.4, -0.2) is 0 Å². The van der Waals surface area contributed by atoms with Crippen LogP contribution in [0, 0.1) is 0 Å². The molecule has 3 heteroatoms. The Morgan fingerprint density at radius 3 is 1.57 bits per heavy atom. The van der Waals surface area contributed by atoms with E-state index in [1.165, 1.54) is 61.2 Å². The van der Waals surface area contributed by atoms with E-state index in [9.17, 15) is 0 Å². The van der Waals surface area contributed by atoms with E-state index in [0.29, 0.717) is 0 Å². The first kappa shape index (κ1) is 38.9. The SMILES string of the molecule is c1ccc(-c2ccc(N(c3ccc4c(c3)C3(c5ccccc5-c5ccccc5-4)c4ccccc4-c4cc5oc6ccccc6c5cc43)c3cccc4c3Oc3ccccc3-c3ccccc3-4)cc2)cc1. The van der Waals surface area contributed by atoms with Crippen molar-refractivity contribution < 1.29 is 9.15 Å². The van der Waals surface area contributed by atoms with E-state index in [1.54, 1.807) is 0 Å². The van der Waals surface area contributed by atoms with Crippen LogP contribution >= 0.6 is 0 Å². The fourth-order valence-electron chi connectivity index (χ4n) is 12.2.